The van der Waals surface area contributed by atoms with Crippen LogP contribution in [-0.4, -0.2) is 42.1 Å². The van der Waals surface area contributed by atoms with Gasteiger partial charge in [0.2, 0.25) is 0 Å². The highest BCUT2D eigenvalue weighted by Crippen LogP contribution is 2.37. The third kappa shape index (κ3) is 3.01. The molecule has 3 rings (SSSR count). The zero-order valence-corrected chi connectivity index (χ0v) is 12.8. The second-order valence-electron chi connectivity index (χ2n) is 6.27. The largest absolute Gasteiger partial charge is 0.507 e. The van der Waals surface area contributed by atoms with Gasteiger partial charge in [-0.2, -0.15) is 0 Å². The highest BCUT2D eigenvalue weighted by molar-refractivity contribution is 6.30. The van der Waals surface area contributed by atoms with Gasteiger partial charge in [0.15, 0.2) is 0 Å². The average molecular weight is 309 g/mol. The van der Waals surface area contributed by atoms with Crippen molar-refractivity contribution in [3.63, 3.8) is 0 Å². The van der Waals surface area contributed by atoms with E-state index in [1.165, 1.54) is 25.3 Å². The molecule has 1 aromatic carbocycles. The lowest BCUT2D eigenvalue weighted by molar-refractivity contribution is 0.0431. The van der Waals surface area contributed by atoms with Crippen LogP contribution >= 0.6 is 11.6 Å². The molecule has 1 unspecified atom stereocenters. The minimum atomic E-state index is -0.0891. The van der Waals surface area contributed by atoms with Crippen LogP contribution in [0.1, 0.15) is 36.0 Å². The molecule has 2 heterocycles. The van der Waals surface area contributed by atoms with Gasteiger partial charge in [-0.15, -0.1) is 0 Å². The van der Waals surface area contributed by atoms with E-state index < -0.39 is 0 Å². The zero-order valence-electron chi connectivity index (χ0n) is 12.1. The minimum Gasteiger partial charge on any atom is -0.507 e. The Labute approximate surface area is 130 Å². The van der Waals surface area contributed by atoms with Crippen LogP contribution in [0.4, 0.5) is 0 Å². The van der Waals surface area contributed by atoms with Crippen molar-refractivity contribution in [3.8, 4) is 5.75 Å². The smallest absolute Gasteiger partial charge is 0.257 e. The van der Waals surface area contributed by atoms with Crippen LogP contribution in [-0.2, 0) is 0 Å². The van der Waals surface area contributed by atoms with Crippen molar-refractivity contribution in [2.75, 3.05) is 26.2 Å². The summed E-state index contributed by atoms with van der Waals surface area (Å²) in [5, 5.41) is 13.8. The number of hydrogen-bond donors (Lipinski definition) is 2. The lowest BCUT2D eigenvalue weighted by Crippen LogP contribution is -2.52. The van der Waals surface area contributed by atoms with Crippen molar-refractivity contribution in [1.82, 2.24) is 10.2 Å². The fourth-order valence-electron chi connectivity index (χ4n) is 3.62. The number of carbonyl (C=O) groups excluding carboxylic acids is 1. The van der Waals surface area contributed by atoms with Crippen molar-refractivity contribution in [2.45, 2.75) is 25.7 Å². The van der Waals surface area contributed by atoms with Gasteiger partial charge in [-0.05, 0) is 50.4 Å². The molecule has 114 valence electrons. The summed E-state index contributed by atoms with van der Waals surface area (Å²) in [5.74, 6) is -0.122. The van der Waals surface area contributed by atoms with E-state index in [1.54, 1.807) is 12.1 Å². The molecular formula is C16H21ClN2O2. The summed E-state index contributed by atoms with van der Waals surface area (Å²) in [7, 11) is 0. The lowest BCUT2D eigenvalue weighted by atomic mass is 9.74. The number of amides is 1. The molecule has 1 aromatic rings. The third-order valence-corrected chi connectivity index (χ3v) is 4.93. The standard InChI is InChI=1S/C16H21ClN2O2/c17-12-3-4-13(14(20)9-12)15(21)19-8-2-6-16(11-19)5-1-7-18-10-16/h3-4,9,18,20H,1-2,5-8,10-11H2. The number of hydrogen-bond acceptors (Lipinski definition) is 3. The first-order valence-electron chi connectivity index (χ1n) is 7.58. The Morgan fingerprint density at radius 2 is 2.14 bits per heavy atom. The van der Waals surface area contributed by atoms with Gasteiger partial charge >= 0.3 is 0 Å². The fourth-order valence-corrected chi connectivity index (χ4v) is 3.78. The van der Waals surface area contributed by atoms with Crippen LogP contribution in [0.25, 0.3) is 0 Å². The van der Waals surface area contributed by atoms with Crippen molar-refractivity contribution in [2.24, 2.45) is 5.41 Å². The Morgan fingerprint density at radius 1 is 1.33 bits per heavy atom. The Morgan fingerprint density at radius 3 is 2.86 bits per heavy atom. The number of carbonyl (C=O) groups is 1. The van der Waals surface area contributed by atoms with E-state index in [0.717, 1.165) is 32.6 Å². The van der Waals surface area contributed by atoms with Crippen LogP contribution in [0.15, 0.2) is 18.2 Å². The molecule has 2 aliphatic rings. The van der Waals surface area contributed by atoms with Gasteiger partial charge in [0.05, 0.1) is 5.56 Å². The molecule has 1 amide bonds. The Balaban J connectivity index is 1.77. The lowest BCUT2D eigenvalue weighted by Gasteiger charge is -2.45. The number of likely N-dealkylation sites (tertiary alicyclic amines) is 1. The molecule has 0 saturated carbocycles. The van der Waals surface area contributed by atoms with Crippen LogP contribution < -0.4 is 5.32 Å². The monoisotopic (exact) mass is 308 g/mol. The first-order valence-corrected chi connectivity index (χ1v) is 7.96. The van der Waals surface area contributed by atoms with Crippen molar-refractivity contribution < 1.29 is 9.90 Å². The van der Waals surface area contributed by atoms with Crippen LogP contribution in [0.5, 0.6) is 5.75 Å². The normalized spacial score (nSPS) is 26.0. The fraction of sp³-hybridized carbons (Fsp3) is 0.562. The molecule has 2 N–H and O–H groups in total. The minimum absolute atomic E-state index is 0.0334. The highest BCUT2D eigenvalue weighted by Gasteiger charge is 2.38. The van der Waals surface area contributed by atoms with E-state index in [2.05, 4.69) is 5.32 Å². The first kappa shape index (κ1) is 14.7. The molecule has 2 aliphatic heterocycles. The molecule has 4 nitrogen and oxygen atoms in total. The molecule has 0 bridgehead atoms. The van der Waals surface area contributed by atoms with Crippen molar-refractivity contribution >= 4 is 17.5 Å². The van der Waals surface area contributed by atoms with E-state index in [1.807, 2.05) is 4.90 Å². The number of piperidine rings is 2. The maximum atomic E-state index is 12.7. The molecule has 2 fully saturated rings. The number of rotatable bonds is 1. The molecule has 1 spiro atoms. The quantitative estimate of drug-likeness (QED) is 0.838. The average Bonchev–Trinajstić information content (AvgIpc) is 2.47. The summed E-state index contributed by atoms with van der Waals surface area (Å²) in [6.07, 6.45) is 4.56. The molecule has 0 aromatic heterocycles. The predicted molar refractivity (Wildman–Crippen MR) is 82.8 cm³/mol. The second kappa shape index (κ2) is 5.85. The zero-order chi connectivity index (χ0) is 14.9. The van der Waals surface area contributed by atoms with Gasteiger partial charge in [0.25, 0.3) is 5.91 Å². The molecule has 5 heteroatoms. The van der Waals surface area contributed by atoms with Gasteiger partial charge in [0, 0.05) is 30.1 Å². The van der Waals surface area contributed by atoms with E-state index in [4.69, 9.17) is 11.6 Å². The van der Waals surface area contributed by atoms with Crippen LogP contribution in [0, 0.1) is 5.41 Å². The molecular weight excluding hydrogens is 288 g/mol. The summed E-state index contributed by atoms with van der Waals surface area (Å²) < 4.78 is 0. The summed E-state index contributed by atoms with van der Waals surface area (Å²) >= 11 is 5.83. The van der Waals surface area contributed by atoms with Gasteiger partial charge < -0.3 is 15.3 Å². The van der Waals surface area contributed by atoms with E-state index in [-0.39, 0.29) is 17.1 Å². The summed E-state index contributed by atoms with van der Waals surface area (Å²) in [6, 6.07) is 4.69. The third-order valence-electron chi connectivity index (χ3n) is 4.70. The molecule has 0 aliphatic carbocycles. The Hall–Kier alpha value is -1.26. The predicted octanol–water partition coefficient (Wildman–Crippen LogP) is 2.65. The summed E-state index contributed by atoms with van der Waals surface area (Å²) in [5.41, 5.74) is 0.564. The maximum absolute atomic E-state index is 12.7. The number of phenolic OH excluding ortho intramolecular Hbond substituents is 1. The molecule has 1 atom stereocenters. The van der Waals surface area contributed by atoms with E-state index >= 15 is 0 Å². The van der Waals surface area contributed by atoms with Crippen LogP contribution in [0.3, 0.4) is 0 Å². The first-order chi connectivity index (χ1) is 10.1. The molecule has 2 saturated heterocycles. The number of halogens is 1. The number of phenols is 1. The number of nitrogens with one attached hydrogen (secondary N) is 1. The van der Waals surface area contributed by atoms with Gasteiger partial charge in [-0.1, -0.05) is 11.6 Å². The van der Waals surface area contributed by atoms with Gasteiger partial charge in [0.1, 0.15) is 5.75 Å². The summed E-state index contributed by atoms with van der Waals surface area (Å²) in [4.78, 5) is 14.5. The maximum Gasteiger partial charge on any atom is 0.257 e. The topological polar surface area (TPSA) is 52.6 Å². The molecule has 21 heavy (non-hydrogen) atoms. The number of nitrogens with zero attached hydrogens (tertiary/aromatic N) is 1. The van der Waals surface area contributed by atoms with E-state index in [0.29, 0.717) is 10.6 Å². The van der Waals surface area contributed by atoms with Gasteiger partial charge in [-0.3, -0.25) is 4.79 Å². The van der Waals surface area contributed by atoms with Gasteiger partial charge in [-0.25, -0.2) is 0 Å². The summed E-state index contributed by atoms with van der Waals surface area (Å²) in [6.45, 7) is 3.61. The van der Waals surface area contributed by atoms with E-state index in [9.17, 15) is 9.90 Å². The van der Waals surface area contributed by atoms with Crippen LogP contribution in [0.2, 0.25) is 5.02 Å². The number of aromatic hydroxyl groups is 1. The van der Waals surface area contributed by atoms with Crippen molar-refractivity contribution in [1.29, 1.82) is 0 Å². The second-order valence-corrected chi connectivity index (χ2v) is 6.71. The van der Waals surface area contributed by atoms with Crippen molar-refractivity contribution in [3.05, 3.63) is 28.8 Å². The Bertz CT molecular complexity index is 536. The number of benzene rings is 1. The Kier molecular flexibility index (Phi) is 4.09. The highest BCUT2D eigenvalue weighted by atomic mass is 35.5. The molecule has 0 radical (unpaired) electrons. The SMILES string of the molecule is O=C(c1ccc(Cl)cc1O)N1CCCC2(CCCNC2)C1.